The molecule has 1 aliphatic heterocycles. The number of anilines is 1. The largest absolute Gasteiger partial charge is 0.487 e. The first kappa shape index (κ1) is 19.6. The Labute approximate surface area is 160 Å². The summed E-state index contributed by atoms with van der Waals surface area (Å²) in [5, 5.41) is 1.59. The molecule has 3 rings (SSSR count). The van der Waals surface area contributed by atoms with E-state index in [0.29, 0.717) is 11.1 Å². The molecule has 2 aromatic carbocycles. The Hall–Kier alpha value is -2.13. The maximum atomic E-state index is 14.9. The maximum absolute atomic E-state index is 14.9. The van der Waals surface area contributed by atoms with Crippen LogP contribution in [0.25, 0.3) is 0 Å². The van der Waals surface area contributed by atoms with Gasteiger partial charge in [0.1, 0.15) is 18.0 Å². The fraction of sp³-hybridized carbons (Fsp3) is 0.278. The molecule has 0 radical (unpaired) electrons. The van der Waals surface area contributed by atoms with Gasteiger partial charge in [-0.2, -0.15) is 13.2 Å². The summed E-state index contributed by atoms with van der Waals surface area (Å²) in [4.78, 5) is 11.3. The van der Waals surface area contributed by atoms with Crippen molar-refractivity contribution >= 4 is 27.5 Å². The van der Waals surface area contributed by atoms with Gasteiger partial charge in [0, 0.05) is 16.5 Å². The number of nitrogens with one attached hydrogen (secondary N) is 1. The zero-order valence-corrected chi connectivity index (χ0v) is 15.4. The molecule has 0 aromatic heterocycles. The van der Waals surface area contributed by atoms with E-state index in [0.717, 1.165) is 5.56 Å². The quantitative estimate of drug-likeness (QED) is 0.519. The molecule has 1 amide bonds. The Morgan fingerprint density at radius 2 is 1.96 bits per heavy atom. The molecule has 2 aromatic rings. The summed E-state index contributed by atoms with van der Waals surface area (Å²) in [6, 6.07) is 10.2. The molecule has 27 heavy (non-hydrogen) atoms. The number of benzene rings is 2. The molecule has 0 bridgehead atoms. The predicted molar refractivity (Wildman–Crippen MR) is 93.0 cm³/mol. The van der Waals surface area contributed by atoms with Crippen molar-refractivity contribution in [2.24, 2.45) is 0 Å². The van der Waals surface area contributed by atoms with E-state index in [9.17, 15) is 22.4 Å². The fourth-order valence-corrected chi connectivity index (χ4v) is 2.93. The van der Waals surface area contributed by atoms with Crippen molar-refractivity contribution < 1.29 is 31.8 Å². The molecule has 1 unspecified atom stereocenters. The van der Waals surface area contributed by atoms with Gasteiger partial charge < -0.3 is 14.8 Å². The lowest BCUT2D eigenvalue weighted by Crippen LogP contribution is -2.30. The number of halogens is 5. The van der Waals surface area contributed by atoms with Crippen LogP contribution < -0.4 is 10.1 Å². The molecule has 1 N–H and O–H groups in total. The van der Waals surface area contributed by atoms with Crippen LogP contribution in [0.15, 0.2) is 40.9 Å². The van der Waals surface area contributed by atoms with Crippen molar-refractivity contribution in [1.29, 1.82) is 0 Å². The molecule has 0 spiro atoms. The third kappa shape index (κ3) is 4.98. The van der Waals surface area contributed by atoms with Gasteiger partial charge in [0.05, 0.1) is 12.7 Å². The summed E-state index contributed by atoms with van der Waals surface area (Å²) >= 11 is 3.21. The standard InChI is InChI=1S/C18H14BrF4NO3/c19-13-7-14(27-8-10-4-2-1-3-5-10)16(24-17(25)18(21,22)23)15(20)12(13)6-11-9-26-11/h1-5,7,11H,6,8-9H2,(H,24,25). The van der Waals surface area contributed by atoms with E-state index in [1.807, 2.05) is 0 Å². The average molecular weight is 448 g/mol. The zero-order chi connectivity index (χ0) is 19.6. The number of carbonyl (C=O) groups excluding carboxylic acids is 1. The summed E-state index contributed by atoms with van der Waals surface area (Å²) < 4.78 is 63.7. The molecule has 1 fully saturated rings. The van der Waals surface area contributed by atoms with Crippen molar-refractivity contribution in [2.45, 2.75) is 25.3 Å². The van der Waals surface area contributed by atoms with Crippen LogP contribution in [0.2, 0.25) is 0 Å². The molecule has 0 aliphatic carbocycles. The Morgan fingerprint density at radius 3 is 2.56 bits per heavy atom. The van der Waals surface area contributed by atoms with Crippen LogP contribution in [0.5, 0.6) is 5.75 Å². The number of rotatable bonds is 6. The van der Waals surface area contributed by atoms with Gasteiger partial charge in [0.25, 0.3) is 0 Å². The Kier molecular flexibility index (Phi) is 5.71. The van der Waals surface area contributed by atoms with E-state index in [4.69, 9.17) is 9.47 Å². The van der Waals surface area contributed by atoms with E-state index in [1.54, 1.807) is 35.6 Å². The second kappa shape index (κ2) is 7.85. The lowest BCUT2D eigenvalue weighted by Gasteiger charge is -2.17. The van der Waals surface area contributed by atoms with Crippen molar-refractivity contribution in [3.8, 4) is 5.75 Å². The van der Waals surface area contributed by atoms with Gasteiger partial charge in [0.2, 0.25) is 0 Å². The summed E-state index contributed by atoms with van der Waals surface area (Å²) in [6.07, 6.45) is -5.19. The van der Waals surface area contributed by atoms with E-state index in [1.165, 1.54) is 6.07 Å². The second-order valence-corrected chi connectivity index (χ2v) is 6.76. The monoisotopic (exact) mass is 447 g/mol. The average Bonchev–Trinajstić information content (AvgIpc) is 3.43. The number of hydrogen-bond donors (Lipinski definition) is 1. The summed E-state index contributed by atoms with van der Waals surface area (Å²) in [6.45, 7) is 0.440. The highest BCUT2D eigenvalue weighted by Crippen LogP contribution is 2.38. The first-order valence-corrected chi connectivity index (χ1v) is 8.72. The lowest BCUT2D eigenvalue weighted by atomic mass is 10.1. The Bertz CT molecular complexity index is 839. The van der Waals surface area contributed by atoms with Crippen LogP contribution >= 0.6 is 15.9 Å². The normalized spacial score (nSPS) is 16.1. The summed E-state index contributed by atoms with van der Waals surface area (Å²) in [5.41, 5.74) is 0.201. The van der Waals surface area contributed by atoms with Crippen LogP contribution in [0.3, 0.4) is 0 Å². The molecular formula is C18H14BrF4NO3. The van der Waals surface area contributed by atoms with E-state index in [-0.39, 0.29) is 30.4 Å². The van der Waals surface area contributed by atoms with Gasteiger partial charge in [-0.15, -0.1) is 0 Å². The number of amides is 1. The predicted octanol–water partition coefficient (Wildman–Crippen LogP) is 4.61. The van der Waals surface area contributed by atoms with Crippen LogP contribution in [0.4, 0.5) is 23.2 Å². The summed E-state index contributed by atoms with van der Waals surface area (Å²) in [5.74, 6) is -3.47. The van der Waals surface area contributed by atoms with E-state index in [2.05, 4.69) is 15.9 Å². The topological polar surface area (TPSA) is 50.9 Å². The lowest BCUT2D eigenvalue weighted by molar-refractivity contribution is -0.167. The highest BCUT2D eigenvalue weighted by atomic mass is 79.9. The smallest absolute Gasteiger partial charge is 0.471 e. The molecule has 1 saturated heterocycles. The molecule has 1 atom stereocenters. The van der Waals surface area contributed by atoms with Crippen LogP contribution in [0, 0.1) is 5.82 Å². The Morgan fingerprint density at radius 1 is 1.30 bits per heavy atom. The highest BCUT2D eigenvalue weighted by molar-refractivity contribution is 9.10. The molecule has 0 saturated carbocycles. The van der Waals surface area contributed by atoms with E-state index >= 15 is 0 Å². The number of epoxide rings is 1. The first-order chi connectivity index (χ1) is 12.8. The zero-order valence-electron chi connectivity index (χ0n) is 13.8. The van der Waals surface area contributed by atoms with Crippen molar-refractivity contribution in [1.82, 2.24) is 0 Å². The van der Waals surface area contributed by atoms with Gasteiger partial charge in [-0.25, -0.2) is 4.39 Å². The SMILES string of the molecule is O=C(Nc1c(OCc2ccccc2)cc(Br)c(CC2CO2)c1F)C(F)(F)F. The van der Waals surface area contributed by atoms with Crippen LogP contribution in [-0.2, 0) is 22.6 Å². The Balaban J connectivity index is 1.92. The van der Waals surface area contributed by atoms with Gasteiger partial charge in [-0.05, 0) is 11.6 Å². The minimum absolute atomic E-state index is 0.00725. The molecular weight excluding hydrogens is 434 g/mol. The molecule has 1 heterocycles. The molecule has 144 valence electrons. The summed E-state index contributed by atoms with van der Waals surface area (Å²) in [7, 11) is 0. The molecule has 4 nitrogen and oxygen atoms in total. The van der Waals surface area contributed by atoms with Crippen LogP contribution in [-0.4, -0.2) is 24.8 Å². The number of hydrogen-bond acceptors (Lipinski definition) is 3. The number of ether oxygens (including phenoxy) is 2. The minimum atomic E-state index is -5.16. The maximum Gasteiger partial charge on any atom is 0.471 e. The third-order valence-electron chi connectivity index (χ3n) is 3.84. The van der Waals surface area contributed by atoms with Gasteiger partial charge in [-0.3, -0.25) is 4.79 Å². The van der Waals surface area contributed by atoms with Crippen LogP contribution in [0.1, 0.15) is 11.1 Å². The minimum Gasteiger partial charge on any atom is -0.487 e. The molecule has 9 heteroatoms. The van der Waals surface area contributed by atoms with Gasteiger partial charge in [0.15, 0.2) is 5.82 Å². The molecule has 1 aliphatic rings. The van der Waals surface area contributed by atoms with E-state index < -0.39 is 23.6 Å². The third-order valence-corrected chi connectivity index (χ3v) is 4.55. The van der Waals surface area contributed by atoms with Gasteiger partial charge >= 0.3 is 12.1 Å². The van der Waals surface area contributed by atoms with Crippen molar-refractivity contribution in [2.75, 3.05) is 11.9 Å². The number of alkyl halides is 3. The highest BCUT2D eigenvalue weighted by Gasteiger charge is 2.40. The fourth-order valence-electron chi connectivity index (χ4n) is 2.39. The number of carbonyl (C=O) groups is 1. The first-order valence-electron chi connectivity index (χ1n) is 7.93. The van der Waals surface area contributed by atoms with Gasteiger partial charge in [-0.1, -0.05) is 46.3 Å². The van der Waals surface area contributed by atoms with Crippen molar-refractivity contribution in [3.63, 3.8) is 0 Å². The second-order valence-electron chi connectivity index (χ2n) is 5.91. The van der Waals surface area contributed by atoms with Crippen molar-refractivity contribution in [3.05, 3.63) is 57.8 Å².